The molecule has 0 aliphatic carbocycles. The third-order valence-corrected chi connectivity index (χ3v) is 8.26. The van der Waals surface area contributed by atoms with E-state index < -0.39 is 10.0 Å². The number of phenolic OH excluding ortho intramolecular Hbond substituents is 1. The zero-order chi connectivity index (χ0) is 20.5. The maximum atomic E-state index is 13.5. The van der Waals surface area contributed by atoms with Gasteiger partial charge in [0.25, 0.3) is 0 Å². The number of hydrogen-bond donors (Lipinski definition) is 1. The first-order chi connectivity index (χ1) is 13.3. The molecule has 2 aromatic carbocycles. The molecule has 4 nitrogen and oxygen atoms in total. The van der Waals surface area contributed by atoms with Crippen molar-refractivity contribution in [2.75, 3.05) is 13.3 Å². The predicted molar refractivity (Wildman–Crippen MR) is 111 cm³/mol. The summed E-state index contributed by atoms with van der Waals surface area (Å²) in [6.07, 6.45) is 5.14. The molecule has 0 saturated heterocycles. The number of hydrogen-bond acceptors (Lipinski definition) is 4. The number of nitrogens with zero attached hydrogens (tertiary/aromatic N) is 1. The summed E-state index contributed by atoms with van der Waals surface area (Å²) < 4.78 is 41.6. The van der Waals surface area contributed by atoms with Gasteiger partial charge >= 0.3 is 0 Å². The Hall–Kier alpha value is -1.57. The lowest BCUT2D eigenvalue weighted by Gasteiger charge is -2.26. The second-order valence-corrected chi connectivity index (χ2v) is 10.0. The molecule has 1 N–H and O–H groups in total. The van der Waals surface area contributed by atoms with E-state index in [-0.39, 0.29) is 28.4 Å². The molecule has 2 atom stereocenters. The quantitative estimate of drug-likeness (QED) is 0.690. The summed E-state index contributed by atoms with van der Waals surface area (Å²) in [6, 6.07) is 9.26. The van der Waals surface area contributed by atoms with Crippen molar-refractivity contribution in [3.63, 3.8) is 0 Å². The lowest BCUT2D eigenvalue weighted by atomic mass is 9.84. The summed E-state index contributed by atoms with van der Waals surface area (Å²) in [7, 11) is -2.13. The Labute approximate surface area is 170 Å². The van der Waals surface area contributed by atoms with Gasteiger partial charge in [0.15, 0.2) is 0 Å². The molecule has 1 aliphatic rings. The van der Waals surface area contributed by atoms with Crippen LogP contribution in [0, 0.1) is 5.82 Å². The van der Waals surface area contributed by atoms with E-state index in [2.05, 4.69) is 6.92 Å². The number of fused-ring (bicyclic) bond motifs is 1. The summed E-state index contributed by atoms with van der Waals surface area (Å²) >= 11 is 1.37. The molecule has 7 heteroatoms. The van der Waals surface area contributed by atoms with Gasteiger partial charge in [-0.2, -0.15) is 4.31 Å². The van der Waals surface area contributed by atoms with E-state index in [9.17, 15) is 17.9 Å². The van der Waals surface area contributed by atoms with E-state index in [1.165, 1.54) is 34.3 Å². The predicted octanol–water partition coefficient (Wildman–Crippen LogP) is 4.97. The summed E-state index contributed by atoms with van der Waals surface area (Å²) in [5, 5.41) is 10.3. The first-order valence-corrected chi connectivity index (χ1v) is 12.1. The highest BCUT2D eigenvalue weighted by atomic mass is 32.2. The standard InChI is InChI=1S/C21H26FNO3S2/c1-4-5-6-16-11-17(14-7-9-15(22)10-8-14)18-12-20(27-3)19(24)13-21(18)28(25,26)23(16)2/h7-10,12-13,16-17,24H,4-6,11H2,1-3H3. The largest absolute Gasteiger partial charge is 0.507 e. The Bertz CT molecular complexity index is 945. The fraction of sp³-hybridized carbons (Fsp3) is 0.429. The number of halogens is 1. The van der Waals surface area contributed by atoms with Crippen molar-refractivity contribution >= 4 is 21.8 Å². The van der Waals surface area contributed by atoms with Crippen LogP contribution in [0.3, 0.4) is 0 Å². The maximum absolute atomic E-state index is 13.5. The van der Waals surface area contributed by atoms with E-state index in [1.807, 2.05) is 6.26 Å². The molecule has 0 spiro atoms. The minimum absolute atomic E-state index is 0.0342. The third-order valence-electron chi connectivity index (χ3n) is 5.53. The lowest BCUT2D eigenvalue weighted by Crippen LogP contribution is -2.36. The maximum Gasteiger partial charge on any atom is 0.243 e. The molecule has 1 aliphatic heterocycles. The van der Waals surface area contributed by atoms with Crippen LogP contribution in [-0.4, -0.2) is 37.2 Å². The monoisotopic (exact) mass is 423 g/mol. The van der Waals surface area contributed by atoms with Gasteiger partial charge in [-0.1, -0.05) is 31.9 Å². The topological polar surface area (TPSA) is 57.6 Å². The van der Waals surface area contributed by atoms with Crippen LogP contribution in [0.25, 0.3) is 0 Å². The molecule has 3 rings (SSSR count). The molecular formula is C21H26FNO3S2. The van der Waals surface area contributed by atoms with Gasteiger partial charge in [0.1, 0.15) is 11.6 Å². The fourth-order valence-corrected chi connectivity index (χ4v) is 6.04. The van der Waals surface area contributed by atoms with E-state index in [1.54, 1.807) is 25.2 Å². The van der Waals surface area contributed by atoms with Crippen molar-refractivity contribution in [3.8, 4) is 5.75 Å². The number of aromatic hydroxyl groups is 1. The SMILES string of the molecule is CCCCC1CC(c2ccc(F)cc2)c2cc(SC)c(O)cc2S(=O)(=O)N1C. The van der Waals surface area contributed by atoms with Gasteiger partial charge in [0.2, 0.25) is 10.0 Å². The van der Waals surface area contributed by atoms with Crippen LogP contribution in [-0.2, 0) is 10.0 Å². The van der Waals surface area contributed by atoms with Crippen LogP contribution in [0.4, 0.5) is 4.39 Å². The Morgan fingerprint density at radius 3 is 2.54 bits per heavy atom. The van der Waals surface area contributed by atoms with Crippen LogP contribution < -0.4 is 0 Å². The summed E-state index contributed by atoms with van der Waals surface area (Å²) in [5.74, 6) is -0.544. The van der Waals surface area contributed by atoms with Crippen LogP contribution in [0.5, 0.6) is 5.75 Å². The normalized spacial score (nSPS) is 21.9. The lowest BCUT2D eigenvalue weighted by molar-refractivity contribution is 0.322. The number of phenols is 1. The summed E-state index contributed by atoms with van der Waals surface area (Å²) in [5.41, 5.74) is 1.55. The smallest absolute Gasteiger partial charge is 0.243 e. The van der Waals surface area contributed by atoms with Crippen molar-refractivity contribution in [3.05, 3.63) is 53.3 Å². The molecule has 0 radical (unpaired) electrons. The second kappa shape index (κ2) is 8.43. The van der Waals surface area contributed by atoms with Crippen LogP contribution in [0.2, 0.25) is 0 Å². The average molecular weight is 424 g/mol. The molecule has 0 saturated carbocycles. The Morgan fingerprint density at radius 2 is 1.93 bits per heavy atom. The number of rotatable bonds is 5. The van der Waals surface area contributed by atoms with Crippen molar-refractivity contribution in [1.29, 1.82) is 0 Å². The van der Waals surface area contributed by atoms with Gasteiger partial charge in [-0.05, 0) is 48.4 Å². The Kier molecular flexibility index (Phi) is 6.37. The number of benzene rings is 2. The van der Waals surface area contributed by atoms with Crippen molar-refractivity contribution < 1.29 is 17.9 Å². The third kappa shape index (κ3) is 3.93. The second-order valence-electron chi connectivity index (χ2n) is 7.22. The number of unbranched alkanes of at least 4 members (excludes halogenated alkanes) is 1. The molecule has 1 heterocycles. The zero-order valence-electron chi connectivity index (χ0n) is 16.4. The van der Waals surface area contributed by atoms with Crippen LogP contribution >= 0.6 is 11.8 Å². The molecule has 0 fully saturated rings. The van der Waals surface area contributed by atoms with Gasteiger partial charge in [-0.15, -0.1) is 11.8 Å². The first-order valence-electron chi connectivity index (χ1n) is 9.44. The van der Waals surface area contributed by atoms with Gasteiger partial charge in [0.05, 0.1) is 4.90 Å². The first kappa shape index (κ1) is 21.1. The minimum atomic E-state index is -3.74. The van der Waals surface area contributed by atoms with E-state index in [0.29, 0.717) is 16.9 Å². The Balaban J connectivity index is 2.23. The van der Waals surface area contributed by atoms with Crippen molar-refractivity contribution in [2.24, 2.45) is 0 Å². The zero-order valence-corrected chi connectivity index (χ0v) is 18.0. The van der Waals surface area contributed by atoms with Crippen molar-refractivity contribution in [1.82, 2.24) is 4.31 Å². The van der Waals surface area contributed by atoms with E-state index >= 15 is 0 Å². The molecular weight excluding hydrogens is 397 g/mol. The molecule has 2 aromatic rings. The Morgan fingerprint density at radius 1 is 1.25 bits per heavy atom. The van der Waals surface area contributed by atoms with E-state index in [0.717, 1.165) is 24.8 Å². The fourth-order valence-electron chi connectivity index (χ4n) is 3.87. The molecule has 0 bridgehead atoms. The van der Waals surface area contributed by atoms with Crippen molar-refractivity contribution in [2.45, 2.75) is 54.4 Å². The van der Waals surface area contributed by atoms with Crippen LogP contribution in [0.1, 0.15) is 49.7 Å². The highest BCUT2D eigenvalue weighted by Gasteiger charge is 2.38. The van der Waals surface area contributed by atoms with Gasteiger partial charge in [-0.25, -0.2) is 12.8 Å². The molecule has 152 valence electrons. The van der Waals surface area contributed by atoms with Crippen LogP contribution in [0.15, 0.2) is 46.2 Å². The van der Waals surface area contributed by atoms with Gasteiger partial charge in [-0.3, -0.25) is 0 Å². The summed E-state index contributed by atoms with van der Waals surface area (Å²) in [6.45, 7) is 2.08. The molecule has 0 amide bonds. The molecule has 2 unspecified atom stereocenters. The summed E-state index contributed by atoms with van der Waals surface area (Å²) in [4.78, 5) is 0.773. The van der Waals surface area contributed by atoms with Gasteiger partial charge in [0, 0.05) is 30.0 Å². The molecule has 0 aromatic heterocycles. The average Bonchev–Trinajstić information content (AvgIpc) is 2.75. The number of sulfonamides is 1. The molecule has 28 heavy (non-hydrogen) atoms. The minimum Gasteiger partial charge on any atom is -0.507 e. The van der Waals surface area contributed by atoms with Gasteiger partial charge < -0.3 is 5.11 Å². The highest BCUT2D eigenvalue weighted by molar-refractivity contribution is 7.98. The number of thioether (sulfide) groups is 1. The van der Waals surface area contributed by atoms with E-state index in [4.69, 9.17) is 0 Å². The highest BCUT2D eigenvalue weighted by Crippen LogP contribution is 2.44.